The second-order valence-electron chi connectivity index (χ2n) is 2.90. The third-order valence-corrected chi connectivity index (χ3v) is 1.98. The van der Waals surface area contributed by atoms with E-state index in [4.69, 9.17) is 16.3 Å². The fourth-order valence-corrected chi connectivity index (χ4v) is 1.20. The lowest BCUT2D eigenvalue weighted by Crippen LogP contribution is -2.05. The second-order valence-corrected chi connectivity index (χ2v) is 3.24. The van der Waals surface area contributed by atoms with Gasteiger partial charge in [-0.2, -0.15) is 4.98 Å². The highest BCUT2D eigenvalue weighted by atomic mass is 35.5. The predicted molar refractivity (Wildman–Crippen MR) is 61.2 cm³/mol. The molecule has 0 spiro atoms. The normalized spacial score (nSPS) is 10.9. The molecule has 0 aromatic carbocycles. The summed E-state index contributed by atoms with van der Waals surface area (Å²) in [5, 5.41) is 3.25. The minimum atomic E-state index is 0.194. The third kappa shape index (κ3) is 3.85. The highest BCUT2D eigenvalue weighted by Gasteiger charge is 2.02. The summed E-state index contributed by atoms with van der Waals surface area (Å²) in [5.74, 6) is 0.496. The van der Waals surface area contributed by atoms with Gasteiger partial charge in [0.2, 0.25) is 11.2 Å². The van der Waals surface area contributed by atoms with Crippen LogP contribution in [-0.4, -0.2) is 30.7 Å². The van der Waals surface area contributed by atoms with E-state index in [9.17, 15) is 0 Å². The molecule has 1 heterocycles. The smallest absolute Gasteiger partial charge is 0.225 e. The van der Waals surface area contributed by atoms with Crippen molar-refractivity contribution in [3.63, 3.8) is 0 Å². The van der Waals surface area contributed by atoms with Crippen molar-refractivity contribution in [2.24, 2.45) is 0 Å². The van der Waals surface area contributed by atoms with Crippen LogP contribution in [0.2, 0.25) is 5.28 Å². The number of aromatic nitrogens is 2. The van der Waals surface area contributed by atoms with Crippen LogP contribution in [0.1, 0.15) is 12.0 Å². The zero-order valence-corrected chi connectivity index (χ0v) is 9.58. The Labute approximate surface area is 94.3 Å². The second kappa shape index (κ2) is 6.37. The standard InChI is InChI=1S/C10H14ClN3O/c1-12-6-4-3-5-8-7-13-10(11)14-9(8)15-2/h3,5,7,12H,4,6H2,1-2H3. The van der Waals surface area contributed by atoms with E-state index in [1.165, 1.54) is 0 Å². The number of hydrogen-bond acceptors (Lipinski definition) is 4. The summed E-state index contributed by atoms with van der Waals surface area (Å²) in [6.45, 7) is 0.938. The van der Waals surface area contributed by atoms with Crippen LogP contribution in [0.15, 0.2) is 12.3 Å². The molecule has 82 valence electrons. The predicted octanol–water partition coefficient (Wildman–Crippen LogP) is 1.76. The Bertz CT molecular complexity index is 341. The van der Waals surface area contributed by atoms with Gasteiger partial charge in [0.25, 0.3) is 0 Å². The summed E-state index contributed by atoms with van der Waals surface area (Å²) >= 11 is 5.64. The van der Waals surface area contributed by atoms with Gasteiger partial charge in [-0.15, -0.1) is 0 Å². The first kappa shape index (κ1) is 11.9. The summed E-state index contributed by atoms with van der Waals surface area (Å²) in [6.07, 6.45) is 6.55. The van der Waals surface area contributed by atoms with Gasteiger partial charge in [0.05, 0.1) is 12.7 Å². The zero-order chi connectivity index (χ0) is 11.1. The molecular weight excluding hydrogens is 214 g/mol. The van der Waals surface area contributed by atoms with Crippen LogP contribution in [0.3, 0.4) is 0 Å². The zero-order valence-electron chi connectivity index (χ0n) is 8.83. The minimum absolute atomic E-state index is 0.194. The first-order valence-corrected chi connectivity index (χ1v) is 5.03. The van der Waals surface area contributed by atoms with E-state index in [1.807, 2.05) is 19.2 Å². The monoisotopic (exact) mass is 227 g/mol. The highest BCUT2D eigenvalue weighted by molar-refractivity contribution is 6.28. The van der Waals surface area contributed by atoms with Crippen molar-refractivity contribution in [1.29, 1.82) is 0 Å². The van der Waals surface area contributed by atoms with Crippen molar-refractivity contribution in [1.82, 2.24) is 15.3 Å². The Hall–Kier alpha value is -1.13. The van der Waals surface area contributed by atoms with Gasteiger partial charge in [-0.05, 0) is 31.6 Å². The fraction of sp³-hybridized carbons (Fsp3) is 0.400. The van der Waals surface area contributed by atoms with E-state index in [-0.39, 0.29) is 5.28 Å². The molecule has 0 fully saturated rings. The van der Waals surface area contributed by atoms with Crippen molar-refractivity contribution >= 4 is 17.7 Å². The molecule has 0 radical (unpaired) electrons. The molecule has 0 aliphatic carbocycles. The Kier molecular flexibility index (Phi) is 5.07. The van der Waals surface area contributed by atoms with Gasteiger partial charge in [-0.25, -0.2) is 4.98 Å². The number of nitrogens with zero attached hydrogens (tertiary/aromatic N) is 2. The van der Waals surface area contributed by atoms with Gasteiger partial charge in [0.15, 0.2) is 0 Å². The number of rotatable bonds is 5. The molecular formula is C10H14ClN3O. The number of hydrogen-bond donors (Lipinski definition) is 1. The minimum Gasteiger partial charge on any atom is -0.480 e. The van der Waals surface area contributed by atoms with E-state index >= 15 is 0 Å². The molecule has 1 aromatic heterocycles. The van der Waals surface area contributed by atoms with E-state index in [0.717, 1.165) is 18.5 Å². The summed E-state index contributed by atoms with van der Waals surface area (Å²) in [6, 6.07) is 0. The summed E-state index contributed by atoms with van der Waals surface area (Å²) in [7, 11) is 3.48. The van der Waals surface area contributed by atoms with E-state index in [2.05, 4.69) is 15.3 Å². The number of methoxy groups -OCH3 is 1. The Morgan fingerprint density at radius 1 is 1.60 bits per heavy atom. The highest BCUT2D eigenvalue weighted by Crippen LogP contribution is 2.17. The molecule has 0 bridgehead atoms. The Balaban J connectivity index is 2.71. The van der Waals surface area contributed by atoms with Gasteiger partial charge in [0.1, 0.15) is 0 Å². The van der Waals surface area contributed by atoms with Crippen LogP contribution >= 0.6 is 11.6 Å². The van der Waals surface area contributed by atoms with E-state index in [0.29, 0.717) is 5.88 Å². The molecule has 0 amide bonds. The molecule has 0 saturated carbocycles. The molecule has 1 N–H and O–H groups in total. The Morgan fingerprint density at radius 2 is 2.40 bits per heavy atom. The maximum Gasteiger partial charge on any atom is 0.225 e. The van der Waals surface area contributed by atoms with Crippen molar-refractivity contribution in [2.45, 2.75) is 6.42 Å². The molecule has 4 nitrogen and oxygen atoms in total. The lowest BCUT2D eigenvalue weighted by molar-refractivity contribution is 0.396. The number of halogens is 1. The van der Waals surface area contributed by atoms with Crippen LogP contribution in [-0.2, 0) is 0 Å². The van der Waals surface area contributed by atoms with Gasteiger partial charge < -0.3 is 10.1 Å². The van der Waals surface area contributed by atoms with Crippen LogP contribution < -0.4 is 10.1 Å². The lowest BCUT2D eigenvalue weighted by atomic mass is 10.2. The molecule has 0 aliphatic heterocycles. The Morgan fingerprint density at radius 3 is 3.07 bits per heavy atom. The van der Waals surface area contributed by atoms with Crippen molar-refractivity contribution in [3.05, 3.63) is 23.1 Å². The van der Waals surface area contributed by atoms with Gasteiger partial charge >= 0.3 is 0 Å². The fourth-order valence-electron chi connectivity index (χ4n) is 1.07. The molecule has 1 rings (SSSR count). The van der Waals surface area contributed by atoms with Gasteiger partial charge in [-0.3, -0.25) is 0 Å². The maximum atomic E-state index is 5.64. The van der Waals surface area contributed by atoms with Crippen molar-refractivity contribution in [2.75, 3.05) is 20.7 Å². The summed E-state index contributed by atoms with van der Waals surface area (Å²) in [5.41, 5.74) is 0.831. The first-order valence-electron chi connectivity index (χ1n) is 4.65. The van der Waals surface area contributed by atoms with Gasteiger partial charge in [0, 0.05) is 6.20 Å². The largest absolute Gasteiger partial charge is 0.480 e. The molecule has 0 saturated heterocycles. The molecule has 0 aliphatic rings. The lowest BCUT2D eigenvalue weighted by Gasteiger charge is -2.02. The molecule has 15 heavy (non-hydrogen) atoms. The molecule has 1 aromatic rings. The van der Waals surface area contributed by atoms with Crippen LogP contribution in [0, 0.1) is 0 Å². The first-order chi connectivity index (χ1) is 7.27. The average molecular weight is 228 g/mol. The van der Waals surface area contributed by atoms with Gasteiger partial charge in [-0.1, -0.05) is 12.2 Å². The quantitative estimate of drug-likeness (QED) is 0.615. The maximum absolute atomic E-state index is 5.64. The average Bonchev–Trinajstić information content (AvgIpc) is 2.26. The van der Waals surface area contributed by atoms with Crippen molar-refractivity contribution in [3.8, 4) is 5.88 Å². The SMILES string of the molecule is CNCCC=Cc1cnc(Cl)nc1OC. The molecule has 5 heteroatoms. The van der Waals surface area contributed by atoms with Crippen LogP contribution in [0.5, 0.6) is 5.88 Å². The molecule has 0 unspecified atom stereocenters. The summed E-state index contributed by atoms with van der Waals surface area (Å²) < 4.78 is 5.08. The van der Waals surface area contributed by atoms with Crippen molar-refractivity contribution < 1.29 is 4.74 Å². The van der Waals surface area contributed by atoms with E-state index < -0.39 is 0 Å². The number of ether oxygens (including phenoxy) is 1. The third-order valence-electron chi connectivity index (χ3n) is 1.80. The van der Waals surface area contributed by atoms with Crippen LogP contribution in [0.4, 0.5) is 0 Å². The summed E-state index contributed by atoms with van der Waals surface area (Å²) in [4.78, 5) is 7.85. The topological polar surface area (TPSA) is 47.0 Å². The number of nitrogens with one attached hydrogen (secondary N) is 1. The van der Waals surface area contributed by atoms with E-state index in [1.54, 1.807) is 13.3 Å². The van der Waals surface area contributed by atoms with Crippen LogP contribution in [0.25, 0.3) is 6.08 Å². The molecule has 0 atom stereocenters.